The smallest absolute Gasteiger partial charge is 0.163 e. The topological polar surface area (TPSA) is 129 Å². The summed E-state index contributed by atoms with van der Waals surface area (Å²) < 4.78 is 57.5. The van der Waals surface area contributed by atoms with Crippen LogP contribution in [0.2, 0.25) is 0 Å². The van der Waals surface area contributed by atoms with Crippen molar-refractivity contribution in [2.45, 2.75) is 19.8 Å². The first-order chi connectivity index (χ1) is 22.3. The van der Waals surface area contributed by atoms with Gasteiger partial charge in [0.15, 0.2) is 23.0 Å². The number of nitrogens with zero attached hydrogens (tertiary/aromatic N) is 2. The lowest BCUT2D eigenvalue weighted by atomic mass is 10.2. The minimum Gasteiger partial charge on any atom is -0.487 e. The van der Waals surface area contributed by atoms with Crippen LogP contribution in [0.1, 0.15) is 19.8 Å². The van der Waals surface area contributed by atoms with Gasteiger partial charge >= 0.3 is 0 Å². The van der Waals surface area contributed by atoms with Crippen LogP contribution in [0.3, 0.4) is 0 Å². The first-order valence-electron chi connectivity index (χ1n) is 15.8. The predicted octanol–water partition coefficient (Wildman–Crippen LogP) is 4.96. The molecular weight excluding hydrogens is 586 g/mol. The number of unbranched alkanes of at least 4 members (excludes halogenated alkanes) is 1. The molecule has 2 aromatic carbocycles. The molecule has 2 aromatic rings. The summed E-state index contributed by atoms with van der Waals surface area (Å²) in [5.74, 6) is 2.28. The Morgan fingerprint density at radius 3 is 1.47 bits per heavy atom. The molecule has 2 aliphatic heterocycles. The zero-order chi connectivity index (χ0) is 31.2. The fourth-order valence-corrected chi connectivity index (χ4v) is 4.23. The van der Waals surface area contributed by atoms with Crippen molar-refractivity contribution in [3.63, 3.8) is 0 Å². The van der Waals surface area contributed by atoms with E-state index in [1.807, 2.05) is 24.3 Å². The summed E-state index contributed by atoms with van der Waals surface area (Å²) >= 11 is 0. The lowest BCUT2D eigenvalue weighted by Gasteiger charge is -2.17. The van der Waals surface area contributed by atoms with Crippen LogP contribution < -0.4 is 24.3 Å². The van der Waals surface area contributed by atoms with E-state index in [1.54, 1.807) is 6.07 Å². The number of benzene rings is 2. The van der Waals surface area contributed by atoms with E-state index in [9.17, 15) is 0 Å². The molecule has 13 nitrogen and oxygen atoms in total. The monoisotopic (exact) mass is 633 g/mol. The summed E-state index contributed by atoms with van der Waals surface area (Å²) in [5, 5.41) is 12.6. The van der Waals surface area contributed by atoms with E-state index >= 15 is 0 Å². The Balaban J connectivity index is 1.53. The number of anilines is 1. The molecule has 0 atom stereocenters. The van der Waals surface area contributed by atoms with Crippen molar-refractivity contribution in [2.75, 3.05) is 118 Å². The van der Waals surface area contributed by atoms with Gasteiger partial charge in [-0.25, -0.2) is 0 Å². The number of nitrogens with one attached hydrogen (secondary N) is 1. The van der Waals surface area contributed by atoms with Gasteiger partial charge in [0, 0.05) is 24.7 Å². The maximum Gasteiger partial charge on any atom is 0.163 e. The number of hydrogen-bond acceptors (Lipinski definition) is 13. The lowest BCUT2D eigenvalue weighted by molar-refractivity contribution is 0.00708. The molecule has 250 valence electrons. The van der Waals surface area contributed by atoms with E-state index in [0.29, 0.717) is 140 Å². The number of rotatable bonds is 6. The Morgan fingerprint density at radius 1 is 0.511 bits per heavy atom. The Bertz CT molecular complexity index is 1140. The number of hydrogen-bond donors (Lipinski definition) is 1. The zero-order valence-electron chi connectivity index (χ0n) is 26.3. The van der Waals surface area contributed by atoms with Gasteiger partial charge < -0.3 is 52.7 Å². The van der Waals surface area contributed by atoms with Crippen LogP contribution >= 0.6 is 0 Å². The lowest BCUT2D eigenvalue weighted by Crippen LogP contribution is -2.13. The van der Waals surface area contributed by atoms with Crippen LogP contribution in [-0.4, -0.2) is 112 Å². The van der Waals surface area contributed by atoms with E-state index in [1.165, 1.54) is 0 Å². The Labute approximate surface area is 265 Å². The molecular formula is C32H47N3O10. The molecule has 0 bridgehead atoms. The molecule has 0 radical (unpaired) electrons. The molecule has 4 rings (SSSR count). The minimum atomic E-state index is 0.343. The van der Waals surface area contributed by atoms with Crippen molar-refractivity contribution in [1.82, 2.24) is 0 Å². The second kappa shape index (κ2) is 21.5. The van der Waals surface area contributed by atoms with Gasteiger partial charge in [-0.3, -0.25) is 0 Å². The third-order valence-corrected chi connectivity index (χ3v) is 6.54. The molecule has 45 heavy (non-hydrogen) atoms. The minimum absolute atomic E-state index is 0.343. The molecule has 0 saturated carbocycles. The highest BCUT2D eigenvalue weighted by molar-refractivity contribution is 5.71. The van der Waals surface area contributed by atoms with Crippen molar-refractivity contribution < 1.29 is 47.4 Å². The summed E-state index contributed by atoms with van der Waals surface area (Å²) in [6.07, 6.45) is 2.06. The molecule has 2 aliphatic rings. The van der Waals surface area contributed by atoms with Gasteiger partial charge in [0.1, 0.15) is 32.1 Å². The van der Waals surface area contributed by atoms with Crippen molar-refractivity contribution in [1.29, 1.82) is 0 Å². The number of ether oxygens (including phenoxy) is 10. The molecule has 0 amide bonds. The largest absolute Gasteiger partial charge is 0.487 e. The van der Waals surface area contributed by atoms with E-state index in [-0.39, 0.29) is 0 Å². The summed E-state index contributed by atoms with van der Waals surface area (Å²) in [7, 11) is 0. The quantitative estimate of drug-likeness (QED) is 0.343. The average Bonchev–Trinajstić information content (AvgIpc) is 3.07. The van der Waals surface area contributed by atoms with E-state index in [0.717, 1.165) is 25.1 Å². The van der Waals surface area contributed by atoms with Crippen LogP contribution in [-0.2, 0) is 28.4 Å². The maximum absolute atomic E-state index is 6.08. The van der Waals surface area contributed by atoms with Crippen molar-refractivity contribution >= 4 is 17.1 Å². The molecule has 0 unspecified atom stereocenters. The SMILES string of the molecule is CCCCNc1cc2c(cc1N=Nc1ccc3c(c1)OCCOCCOCCOCCO3)OCCOCCOCCOCCO2. The average molecular weight is 634 g/mol. The van der Waals surface area contributed by atoms with Gasteiger partial charge in [-0.2, -0.15) is 5.11 Å². The van der Waals surface area contributed by atoms with Gasteiger partial charge in [0.05, 0.1) is 90.7 Å². The van der Waals surface area contributed by atoms with Crippen molar-refractivity contribution in [3.8, 4) is 23.0 Å². The summed E-state index contributed by atoms with van der Waals surface area (Å²) in [5.41, 5.74) is 1.99. The van der Waals surface area contributed by atoms with Gasteiger partial charge in [-0.15, -0.1) is 5.11 Å². The first-order valence-corrected chi connectivity index (χ1v) is 15.8. The highest BCUT2D eigenvalue weighted by Crippen LogP contribution is 2.40. The molecule has 2 heterocycles. The second-order valence-corrected chi connectivity index (χ2v) is 10.00. The molecule has 0 spiro atoms. The highest BCUT2D eigenvalue weighted by atomic mass is 16.6. The van der Waals surface area contributed by atoms with E-state index in [2.05, 4.69) is 22.5 Å². The Morgan fingerprint density at radius 2 is 0.956 bits per heavy atom. The maximum atomic E-state index is 6.08. The first kappa shape index (κ1) is 34.7. The van der Waals surface area contributed by atoms with Crippen LogP contribution in [0, 0.1) is 0 Å². The number of azo groups is 1. The fraction of sp³-hybridized carbons (Fsp3) is 0.625. The van der Waals surface area contributed by atoms with Crippen LogP contribution in [0.4, 0.5) is 17.1 Å². The third kappa shape index (κ3) is 13.4. The van der Waals surface area contributed by atoms with Gasteiger partial charge in [-0.05, 0) is 18.6 Å². The van der Waals surface area contributed by atoms with Crippen LogP contribution in [0.15, 0.2) is 40.6 Å². The molecule has 0 aliphatic carbocycles. The Kier molecular flexibility index (Phi) is 16.6. The van der Waals surface area contributed by atoms with E-state index < -0.39 is 0 Å². The van der Waals surface area contributed by atoms with Crippen molar-refractivity contribution in [3.05, 3.63) is 30.3 Å². The van der Waals surface area contributed by atoms with Gasteiger partial charge in [0.25, 0.3) is 0 Å². The summed E-state index contributed by atoms with van der Waals surface area (Å²) in [6.45, 7) is 10.1. The Hall–Kier alpha value is -3.20. The highest BCUT2D eigenvalue weighted by Gasteiger charge is 2.14. The molecule has 13 heteroatoms. The number of fused-ring (bicyclic) bond motifs is 2. The van der Waals surface area contributed by atoms with Crippen LogP contribution in [0.5, 0.6) is 23.0 Å². The summed E-state index contributed by atoms with van der Waals surface area (Å²) in [4.78, 5) is 0. The third-order valence-electron chi connectivity index (χ3n) is 6.54. The molecule has 0 aromatic heterocycles. The van der Waals surface area contributed by atoms with E-state index in [4.69, 9.17) is 47.4 Å². The standard InChI is InChI=1S/C32H47N3O10/c1-2-3-6-33-27-24-31-32(45-22-18-41-14-10-37-9-13-40-17-21-44-31)25-28(27)35-34-26-4-5-29-30(23-26)43-20-16-39-12-8-36-7-11-38-15-19-42-29/h4-5,23-25,33H,2-3,6-22H2,1H3. The normalized spacial score (nSPS) is 18.6. The molecule has 0 fully saturated rings. The van der Waals surface area contributed by atoms with Crippen molar-refractivity contribution in [2.24, 2.45) is 10.2 Å². The van der Waals surface area contributed by atoms with Crippen LogP contribution in [0.25, 0.3) is 0 Å². The predicted molar refractivity (Wildman–Crippen MR) is 167 cm³/mol. The fourth-order valence-electron chi connectivity index (χ4n) is 4.23. The zero-order valence-corrected chi connectivity index (χ0v) is 26.3. The van der Waals surface area contributed by atoms with Gasteiger partial charge in [-0.1, -0.05) is 13.3 Å². The summed E-state index contributed by atoms with van der Waals surface area (Å²) in [6, 6.07) is 9.18. The molecule has 1 N–H and O–H groups in total. The van der Waals surface area contributed by atoms with Gasteiger partial charge in [0.2, 0.25) is 0 Å². The molecule has 0 saturated heterocycles. The second-order valence-electron chi connectivity index (χ2n) is 10.00.